The molecule has 0 bridgehead atoms. The molecule has 0 amide bonds. The summed E-state index contributed by atoms with van der Waals surface area (Å²) < 4.78 is 135. The second kappa shape index (κ2) is 14.9. The summed E-state index contributed by atoms with van der Waals surface area (Å²) in [5, 5.41) is 10.6. The molecule has 9 nitrogen and oxygen atoms in total. The van der Waals surface area contributed by atoms with Gasteiger partial charge in [-0.1, -0.05) is 6.92 Å². The Kier molecular flexibility index (Phi) is 11.2. The maximum atomic E-state index is 13.9. The van der Waals surface area contributed by atoms with Gasteiger partial charge >= 0.3 is 24.5 Å². The van der Waals surface area contributed by atoms with Crippen molar-refractivity contribution in [3.63, 3.8) is 0 Å². The molecular weight excluding hydrogens is 677 g/mol. The van der Waals surface area contributed by atoms with E-state index in [9.17, 15) is 49.4 Å². The maximum Gasteiger partial charge on any atom is 0.416 e. The molecule has 0 aliphatic heterocycles. The molecule has 262 valence electrons. The number of nitrogens with zero attached hydrogens (tertiary/aromatic N) is 5. The van der Waals surface area contributed by atoms with E-state index in [-0.39, 0.29) is 61.0 Å². The third-order valence-corrected chi connectivity index (χ3v) is 6.87. The van der Waals surface area contributed by atoms with Crippen LogP contribution in [0.3, 0.4) is 0 Å². The molecule has 0 N–H and O–H groups in total. The van der Waals surface area contributed by atoms with Gasteiger partial charge in [0.15, 0.2) is 5.75 Å². The normalized spacial score (nSPS) is 12.8. The van der Waals surface area contributed by atoms with Gasteiger partial charge in [-0.15, -0.1) is 0 Å². The van der Waals surface area contributed by atoms with Crippen molar-refractivity contribution in [1.29, 1.82) is 0 Å². The molecule has 4 rings (SSSR count). The van der Waals surface area contributed by atoms with Gasteiger partial charge in [0.1, 0.15) is 5.75 Å². The van der Waals surface area contributed by atoms with Gasteiger partial charge in [0.05, 0.1) is 41.7 Å². The Balaban J connectivity index is 1.85. The van der Waals surface area contributed by atoms with Crippen molar-refractivity contribution in [1.82, 2.24) is 19.9 Å². The number of carboxylic acids is 1. The van der Waals surface area contributed by atoms with Gasteiger partial charge in [0.25, 0.3) is 0 Å². The van der Waals surface area contributed by atoms with Crippen molar-refractivity contribution < 1.29 is 58.9 Å². The van der Waals surface area contributed by atoms with Crippen LogP contribution in [-0.4, -0.2) is 32.5 Å². The number of halogens is 9. The fraction of sp³-hybridized carbons (Fsp3) is 0.323. The number of carbonyl (C=O) groups excluding carboxylic acids is 1. The van der Waals surface area contributed by atoms with Crippen molar-refractivity contribution in [2.75, 3.05) is 11.5 Å². The highest BCUT2D eigenvalue weighted by Crippen LogP contribution is 2.42. The number of anilines is 1. The summed E-state index contributed by atoms with van der Waals surface area (Å²) in [7, 11) is 0. The molecule has 49 heavy (non-hydrogen) atoms. The number of rotatable bonds is 13. The zero-order chi connectivity index (χ0) is 36.0. The zero-order valence-electron chi connectivity index (χ0n) is 25.2. The Bertz CT molecular complexity index is 1690. The molecule has 0 spiro atoms. The molecule has 2 heterocycles. The van der Waals surface area contributed by atoms with Gasteiger partial charge in [-0.2, -0.15) is 39.5 Å². The van der Waals surface area contributed by atoms with Crippen LogP contribution in [0, 0.1) is 0 Å². The lowest BCUT2D eigenvalue weighted by molar-refractivity contribution is -0.305. The number of ether oxygens (including phenoxy) is 2. The first-order valence-corrected chi connectivity index (χ1v) is 14.3. The molecule has 1 atom stereocenters. The molecule has 0 radical (unpaired) electrons. The van der Waals surface area contributed by atoms with E-state index >= 15 is 0 Å². The predicted molar refractivity (Wildman–Crippen MR) is 151 cm³/mol. The first kappa shape index (κ1) is 36.7. The van der Waals surface area contributed by atoms with Gasteiger partial charge in [0, 0.05) is 30.5 Å². The van der Waals surface area contributed by atoms with E-state index in [4.69, 9.17) is 9.47 Å². The van der Waals surface area contributed by atoms with Crippen molar-refractivity contribution in [2.24, 2.45) is 0 Å². The van der Waals surface area contributed by atoms with Crippen molar-refractivity contribution in [3.8, 4) is 17.5 Å². The van der Waals surface area contributed by atoms with Crippen LogP contribution in [0.15, 0.2) is 67.3 Å². The number of carbonyl (C=O) groups is 1. The minimum absolute atomic E-state index is 0.0258. The van der Waals surface area contributed by atoms with Crippen LogP contribution in [0.5, 0.6) is 17.5 Å². The second-order valence-electron chi connectivity index (χ2n) is 10.4. The standard InChI is InChI=1S/C31H26F9N5O4/c1-2-24(23-14-19(29(32,33)34)6-7-25(23)49-28-41-8-4-9-42-28)45(27-43-15-22(16-44-27)48-10-3-5-26(46)47)17-18-11-20(30(35,36)37)13-21(12-18)31(38,39)40/h4,6-9,11-16,24H,2-3,5,10,17H2,1H3,(H,46,47)/p-1. The summed E-state index contributed by atoms with van der Waals surface area (Å²) in [5.41, 5.74) is -5.01. The SMILES string of the molecule is CCC(c1cc(C(F)(F)F)ccc1Oc1ncccn1)N(Cc1cc(C(F)(F)F)cc(C(F)(F)F)c1)c1ncc(OCCCC(=O)[O-])cn1. The van der Waals surface area contributed by atoms with Crippen LogP contribution in [0.25, 0.3) is 0 Å². The van der Waals surface area contributed by atoms with E-state index in [2.05, 4.69) is 19.9 Å². The van der Waals surface area contributed by atoms with E-state index in [0.717, 1.165) is 35.5 Å². The third-order valence-electron chi connectivity index (χ3n) is 6.87. The summed E-state index contributed by atoms with van der Waals surface area (Å²) in [6, 6.07) is 3.34. The lowest BCUT2D eigenvalue weighted by Gasteiger charge is -2.33. The number of hydrogen-bond acceptors (Lipinski definition) is 9. The molecule has 0 saturated heterocycles. The smallest absolute Gasteiger partial charge is 0.416 e. The van der Waals surface area contributed by atoms with Crippen LogP contribution in [0.4, 0.5) is 45.5 Å². The molecule has 2 aromatic heterocycles. The quantitative estimate of drug-likeness (QED) is 0.106. The van der Waals surface area contributed by atoms with Crippen LogP contribution in [0.1, 0.15) is 60.0 Å². The summed E-state index contributed by atoms with van der Waals surface area (Å²) in [6.45, 7) is 0.687. The average molecular weight is 703 g/mol. The number of benzene rings is 2. The highest BCUT2D eigenvalue weighted by molar-refractivity contribution is 5.64. The monoisotopic (exact) mass is 702 g/mol. The summed E-state index contributed by atoms with van der Waals surface area (Å²) in [5.74, 6) is -1.78. The molecule has 0 aliphatic rings. The van der Waals surface area contributed by atoms with E-state index in [1.807, 2.05) is 0 Å². The Hall–Kier alpha value is -5.16. The molecule has 4 aromatic rings. The molecule has 0 aliphatic carbocycles. The topological polar surface area (TPSA) is 113 Å². The van der Waals surface area contributed by atoms with Gasteiger partial charge in [-0.05, 0) is 67.3 Å². The number of aliphatic carboxylic acids is 1. The molecular formula is C31H25F9N5O4-. The van der Waals surface area contributed by atoms with Crippen LogP contribution >= 0.6 is 0 Å². The Labute approximate surface area is 272 Å². The first-order chi connectivity index (χ1) is 23.0. The maximum absolute atomic E-state index is 13.9. The first-order valence-electron chi connectivity index (χ1n) is 14.3. The van der Waals surface area contributed by atoms with Crippen LogP contribution in [-0.2, 0) is 29.9 Å². The van der Waals surface area contributed by atoms with Gasteiger partial charge in [-0.3, -0.25) is 0 Å². The highest BCUT2D eigenvalue weighted by atomic mass is 19.4. The van der Waals surface area contributed by atoms with Gasteiger partial charge in [-0.25, -0.2) is 19.9 Å². The molecule has 0 fully saturated rings. The largest absolute Gasteiger partial charge is 0.550 e. The minimum atomic E-state index is -5.17. The highest BCUT2D eigenvalue weighted by Gasteiger charge is 2.38. The summed E-state index contributed by atoms with van der Waals surface area (Å²) in [4.78, 5) is 27.9. The van der Waals surface area contributed by atoms with Gasteiger partial charge < -0.3 is 24.3 Å². The Morgan fingerprint density at radius 3 is 1.96 bits per heavy atom. The van der Waals surface area contributed by atoms with E-state index < -0.39 is 59.3 Å². The lowest BCUT2D eigenvalue weighted by Crippen LogP contribution is -2.30. The molecule has 18 heteroatoms. The zero-order valence-corrected chi connectivity index (χ0v) is 25.2. The van der Waals surface area contributed by atoms with E-state index in [0.29, 0.717) is 12.1 Å². The van der Waals surface area contributed by atoms with E-state index in [1.165, 1.54) is 25.4 Å². The third kappa shape index (κ3) is 9.93. The molecule has 2 aromatic carbocycles. The second-order valence-corrected chi connectivity index (χ2v) is 10.4. The minimum Gasteiger partial charge on any atom is -0.550 e. The summed E-state index contributed by atoms with van der Waals surface area (Å²) >= 11 is 0. The number of carboxylic acid groups (broad SMARTS) is 1. The van der Waals surface area contributed by atoms with Crippen LogP contribution in [0.2, 0.25) is 0 Å². The number of aromatic nitrogens is 4. The van der Waals surface area contributed by atoms with Gasteiger partial charge in [0.2, 0.25) is 5.95 Å². The van der Waals surface area contributed by atoms with E-state index in [1.54, 1.807) is 0 Å². The lowest BCUT2D eigenvalue weighted by atomic mass is 9.97. The van der Waals surface area contributed by atoms with Crippen molar-refractivity contribution >= 4 is 11.9 Å². The average Bonchev–Trinajstić information content (AvgIpc) is 3.03. The summed E-state index contributed by atoms with van der Waals surface area (Å²) in [6.07, 6.45) is -10.7. The van der Waals surface area contributed by atoms with Crippen LogP contribution < -0.4 is 19.5 Å². The fourth-order valence-electron chi connectivity index (χ4n) is 4.69. The Morgan fingerprint density at radius 1 is 0.837 bits per heavy atom. The molecule has 0 saturated carbocycles. The van der Waals surface area contributed by atoms with Crippen molar-refractivity contribution in [3.05, 3.63) is 95.1 Å². The fourth-order valence-corrected chi connectivity index (χ4v) is 4.69. The Morgan fingerprint density at radius 2 is 1.43 bits per heavy atom. The number of hydrogen-bond donors (Lipinski definition) is 0. The predicted octanol–water partition coefficient (Wildman–Crippen LogP) is 7.18. The number of alkyl halides is 9. The van der Waals surface area contributed by atoms with Crippen molar-refractivity contribution in [2.45, 2.75) is 57.3 Å². The molecule has 1 unspecified atom stereocenters.